The van der Waals surface area contributed by atoms with Crippen molar-refractivity contribution in [2.75, 3.05) is 6.61 Å². The number of hydrogen-bond acceptors (Lipinski definition) is 4. The molecule has 2 aromatic rings. The fourth-order valence-electron chi connectivity index (χ4n) is 6.07. The summed E-state index contributed by atoms with van der Waals surface area (Å²) in [6.45, 7) is 6.62. The molecule has 0 amide bonds. The Labute approximate surface area is 250 Å². The molecule has 0 radical (unpaired) electrons. The summed E-state index contributed by atoms with van der Waals surface area (Å²) >= 11 is 0. The summed E-state index contributed by atoms with van der Waals surface area (Å²) in [6, 6.07) is 4.44. The van der Waals surface area contributed by atoms with Crippen LogP contribution in [-0.4, -0.2) is 34.5 Å². The first-order valence-corrected chi connectivity index (χ1v) is 14.2. The highest BCUT2D eigenvalue weighted by atomic mass is 19.4. The summed E-state index contributed by atoms with van der Waals surface area (Å²) in [5.74, 6) is -2.54. The lowest BCUT2D eigenvalue weighted by atomic mass is 9.93. The Morgan fingerprint density at radius 3 is 2.50 bits per heavy atom. The molecule has 0 bridgehead atoms. The number of halogens is 6. The van der Waals surface area contributed by atoms with Gasteiger partial charge in [-0.2, -0.15) is 13.2 Å². The largest absolute Gasteiger partial charge is 0.493 e. The monoisotopic (exact) mass is 622 g/mol. The standard InChI is InChI=1S/C33H32F6O5/c1-16-4-6-20-17(10-24-28(20)29(24)31(40)41)12-27(16)44-15-18-11-22(25(14-26(18)34)33(37,38)39)21-7-5-19(13-23(21)30(35)36)43-9-8-32(2,3)42/h5-7,11-14,24,27-30,42H,1,4,8-10,15H2,2-3H3,(H,40,41)/t24-,27?,28+,29+/m1/s1. The van der Waals surface area contributed by atoms with Crippen molar-refractivity contribution in [1.29, 1.82) is 0 Å². The molecule has 2 saturated carbocycles. The molecule has 0 spiro atoms. The Morgan fingerprint density at radius 1 is 1.14 bits per heavy atom. The fourth-order valence-corrected chi connectivity index (χ4v) is 6.07. The molecular weight excluding hydrogens is 590 g/mol. The first-order chi connectivity index (χ1) is 20.5. The predicted octanol–water partition coefficient (Wildman–Crippen LogP) is 8.04. The molecule has 0 heterocycles. The van der Waals surface area contributed by atoms with E-state index in [2.05, 4.69) is 6.58 Å². The second-order valence-corrected chi connectivity index (χ2v) is 12.2. The van der Waals surface area contributed by atoms with E-state index in [4.69, 9.17) is 9.47 Å². The molecule has 2 N–H and O–H groups in total. The average molecular weight is 623 g/mol. The van der Waals surface area contributed by atoms with Crippen LogP contribution in [0, 0.1) is 23.6 Å². The van der Waals surface area contributed by atoms with Crippen LogP contribution in [0.3, 0.4) is 0 Å². The second kappa shape index (κ2) is 11.7. The summed E-state index contributed by atoms with van der Waals surface area (Å²) in [7, 11) is 0. The van der Waals surface area contributed by atoms with Gasteiger partial charge in [-0.05, 0) is 90.8 Å². The van der Waals surface area contributed by atoms with Crippen LogP contribution in [0.4, 0.5) is 26.3 Å². The van der Waals surface area contributed by atoms with E-state index in [9.17, 15) is 37.0 Å². The van der Waals surface area contributed by atoms with E-state index in [0.29, 0.717) is 18.4 Å². The Hall–Kier alpha value is -3.57. The third-order valence-electron chi connectivity index (χ3n) is 8.42. The zero-order chi connectivity index (χ0) is 32.1. The van der Waals surface area contributed by atoms with Gasteiger partial charge in [-0.25, -0.2) is 13.2 Å². The van der Waals surface area contributed by atoms with Crippen molar-refractivity contribution in [3.63, 3.8) is 0 Å². The van der Waals surface area contributed by atoms with E-state index in [1.807, 2.05) is 6.08 Å². The second-order valence-electron chi connectivity index (χ2n) is 12.2. The number of carboxylic acid groups (broad SMARTS) is 1. The maximum Gasteiger partial charge on any atom is 0.417 e. The molecule has 0 saturated heterocycles. The zero-order valence-corrected chi connectivity index (χ0v) is 24.1. The van der Waals surface area contributed by atoms with Crippen molar-refractivity contribution in [2.24, 2.45) is 17.8 Å². The molecule has 0 aliphatic heterocycles. The minimum Gasteiger partial charge on any atom is -0.493 e. The number of rotatable bonds is 10. The minimum atomic E-state index is -5.05. The van der Waals surface area contributed by atoms with Gasteiger partial charge in [0.1, 0.15) is 11.6 Å². The van der Waals surface area contributed by atoms with Crippen molar-refractivity contribution >= 4 is 5.97 Å². The van der Waals surface area contributed by atoms with E-state index in [0.717, 1.165) is 29.3 Å². The maximum atomic E-state index is 15.1. The molecule has 236 valence electrons. The van der Waals surface area contributed by atoms with Crippen molar-refractivity contribution in [3.05, 3.63) is 88.3 Å². The highest BCUT2D eigenvalue weighted by Crippen LogP contribution is 2.63. The van der Waals surface area contributed by atoms with E-state index >= 15 is 4.39 Å². The molecule has 1 unspecified atom stereocenters. The Morgan fingerprint density at radius 2 is 1.86 bits per heavy atom. The topological polar surface area (TPSA) is 76.0 Å². The quantitative estimate of drug-likeness (QED) is 0.207. The van der Waals surface area contributed by atoms with Crippen LogP contribution in [-0.2, 0) is 22.3 Å². The van der Waals surface area contributed by atoms with Crippen LogP contribution in [0.1, 0.15) is 56.2 Å². The molecule has 2 aromatic carbocycles. The number of aliphatic hydroxyl groups is 1. The minimum absolute atomic E-state index is 0.00859. The normalized spacial score (nSPS) is 23.1. The molecule has 44 heavy (non-hydrogen) atoms. The Bertz CT molecular complexity index is 1530. The highest BCUT2D eigenvalue weighted by Gasteiger charge is 2.61. The summed E-state index contributed by atoms with van der Waals surface area (Å²) in [4.78, 5) is 11.5. The number of carboxylic acids is 1. The predicted molar refractivity (Wildman–Crippen MR) is 149 cm³/mol. The lowest BCUT2D eigenvalue weighted by Gasteiger charge is -2.21. The molecular formula is C33H32F6O5. The van der Waals surface area contributed by atoms with Crippen LogP contribution in [0.5, 0.6) is 5.75 Å². The van der Waals surface area contributed by atoms with Crippen molar-refractivity contribution < 1.29 is 50.8 Å². The van der Waals surface area contributed by atoms with Crippen LogP contribution < -0.4 is 4.74 Å². The van der Waals surface area contributed by atoms with Gasteiger partial charge in [0.25, 0.3) is 6.43 Å². The van der Waals surface area contributed by atoms with E-state index in [1.165, 1.54) is 6.07 Å². The molecule has 2 fully saturated rings. The molecule has 4 atom stereocenters. The number of fused-ring (bicyclic) bond motifs is 3. The first-order valence-electron chi connectivity index (χ1n) is 14.2. The van der Waals surface area contributed by atoms with Crippen molar-refractivity contribution in [1.82, 2.24) is 0 Å². The first kappa shape index (κ1) is 31.8. The molecule has 0 aromatic heterocycles. The lowest BCUT2D eigenvalue weighted by molar-refractivity contribution is -0.139. The number of aliphatic carboxylic acids is 1. The molecule has 3 aliphatic rings. The van der Waals surface area contributed by atoms with E-state index < -0.39 is 70.9 Å². The van der Waals surface area contributed by atoms with Crippen LogP contribution in [0.25, 0.3) is 11.1 Å². The van der Waals surface area contributed by atoms with E-state index in [-0.39, 0.29) is 42.2 Å². The number of ether oxygens (including phenoxy) is 2. The smallest absolute Gasteiger partial charge is 0.417 e. The van der Waals surface area contributed by atoms with Gasteiger partial charge in [0.2, 0.25) is 0 Å². The molecule has 3 aliphatic carbocycles. The summed E-state index contributed by atoms with van der Waals surface area (Å²) in [5, 5.41) is 19.2. The van der Waals surface area contributed by atoms with Crippen molar-refractivity contribution in [2.45, 2.75) is 64.0 Å². The SMILES string of the molecule is C=C1CC=C2C(=CC1OCc1cc(-c3ccc(OCCC(C)(C)O)cc3C(F)F)c(C(F)(F)F)cc1F)C[C@H]1[C@H](C(=O)O)[C@@H]21. The van der Waals surface area contributed by atoms with Gasteiger partial charge in [-0.15, -0.1) is 0 Å². The Kier molecular flexibility index (Phi) is 8.50. The van der Waals surface area contributed by atoms with Gasteiger partial charge >= 0.3 is 12.1 Å². The number of carbonyl (C=O) groups is 1. The maximum absolute atomic E-state index is 15.1. The van der Waals surface area contributed by atoms with Gasteiger partial charge in [0.15, 0.2) is 0 Å². The van der Waals surface area contributed by atoms with Gasteiger partial charge in [-0.1, -0.05) is 18.7 Å². The average Bonchev–Trinajstić information content (AvgIpc) is 3.56. The summed E-state index contributed by atoms with van der Waals surface area (Å²) in [6.07, 6.45) is -4.09. The third-order valence-corrected chi connectivity index (χ3v) is 8.42. The van der Waals surface area contributed by atoms with Gasteiger partial charge in [0.05, 0.1) is 36.4 Å². The fraction of sp³-hybridized carbons (Fsp3) is 0.424. The number of alkyl halides is 5. The summed E-state index contributed by atoms with van der Waals surface area (Å²) < 4.78 is 96.9. The molecule has 5 rings (SSSR count). The van der Waals surface area contributed by atoms with Crippen LogP contribution in [0.2, 0.25) is 0 Å². The van der Waals surface area contributed by atoms with E-state index in [1.54, 1.807) is 19.9 Å². The lowest BCUT2D eigenvalue weighted by Crippen LogP contribution is -2.21. The van der Waals surface area contributed by atoms with Crippen LogP contribution in [0.15, 0.2) is 65.8 Å². The number of benzene rings is 2. The molecule has 11 heteroatoms. The van der Waals surface area contributed by atoms with Gasteiger partial charge in [0, 0.05) is 23.5 Å². The van der Waals surface area contributed by atoms with Gasteiger partial charge < -0.3 is 19.7 Å². The Balaban J connectivity index is 1.42. The third kappa shape index (κ3) is 6.58. The summed E-state index contributed by atoms with van der Waals surface area (Å²) in [5.41, 5.74) is -2.08. The molecule has 5 nitrogen and oxygen atoms in total. The van der Waals surface area contributed by atoms with Crippen molar-refractivity contribution in [3.8, 4) is 16.9 Å². The zero-order valence-electron chi connectivity index (χ0n) is 24.1. The highest BCUT2D eigenvalue weighted by molar-refractivity contribution is 5.78. The number of hydrogen-bond donors (Lipinski definition) is 2. The van der Waals surface area contributed by atoms with Crippen LogP contribution >= 0.6 is 0 Å². The van der Waals surface area contributed by atoms with Gasteiger partial charge in [-0.3, -0.25) is 4.79 Å². The number of allylic oxidation sites excluding steroid dienone is 3.